The Hall–Kier alpha value is -1.66. The molecule has 0 N–H and O–H groups in total. The standard InChI is InChI=1S/C16H12ClO2.Al.H/c17-12-11-16(19-15-9-5-2-6-10-15)13-18-14-7-3-1-4-8-14;;/h1-12H;;/q;+1;. The molecule has 2 nitrogen and oxygen atoms in total. The fourth-order valence-corrected chi connectivity index (χ4v) is 4.28. The molecule has 0 amide bonds. The Bertz CT molecular complexity index is 623. The Kier molecular flexibility index (Phi) is 4.45. The third-order valence-corrected chi connectivity index (χ3v) is 5.65. The van der Waals surface area contributed by atoms with Gasteiger partial charge >= 0.3 is 14.3 Å². The second-order valence-electron chi connectivity index (χ2n) is 4.20. The van der Waals surface area contributed by atoms with Crippen LogP contribution in [-0.4, -0.2) is 14.3 Å². The average Bonchev–Trinajstić information content (AvgIpc) is 2.51. The molecule has 0 spiro atoms. The van der Waals surface area contributed by atoms with E-state index in [2.05, 4.69) is 9.24 Å². The molecule has 0 atom stereocenters. The van der Waals surface area contributed by atoms with Crippen LogP contribution in [-0.2, 0) is 0 Å². The Morgan fingerprint density at radius 3 is 2.00 bits per heavy atom. The number of para-hydroxylation sites is 2. The first-order valence-corrected chi connectivity index (χ1v) is 9.63. The Balaban J connectivity index is 1.82. The summed E-state index contributed by atoms with van der Waals surface area (Å²) in [6.45, 7) is 0. The lowest BCUT2D eigenvalue weighted by atomic mass is 10.3. The van der Waals surface area contributed by atoms with Gasteiger partial charge in [-0.25, -0.2) is 0 Å². The van der Waals surface area contributed by atoms with Crippen molar-refractivity contribution in [1.82, 2.24) is 0 Å². The summed E-state index contributed by atoms with van der Waals surface area (Å²) in [5.41, 5.74) is 2.03. The number of rotatable bonds is 4. The van der Waals surface area contributed by atoms with Gasteiger partial charge in [0.25, 0.3) is 0 Å². The minimum absolute atomic E-state index is 0.578. The predicted octanol–water partition coefficient (Wildman–Crippen LogP) is 3.28. The zero-order chi connectivity index (χ0) is 13.6. The van der Waals surface area contributed by atoms with Gasteiger partial charge in [0.2, 0.25) is 0 Å². The second kappa shape index (κ2) is 6.67. The highest BCUT2D eigenvalue weighted by Gasteiger charge is 2.29. The maximum Gasteiger partial charge on any atom is 0.792 e. The Labute approximate surface area is 127 Å². The number of hydrogen-bond donors (Lipinski definition) is 0. The molecule has 0 saturated carbocycles. The van der Waals surface area contributed by atoms with E-state index < -0.39 is 14.3 Å². The lowest BCUT2D eigenvalue weighted by molar-refractivity contribution is -0.434. The fourth-order valence-electron chi connectivity index (χ4n) is 1.79. The molecule has 0 fully saturated rings. The summed E-state index contributed by atoms with van der Waals surface area (Å²) >= 11 is -0.578. The monoisotopic (exact) mass is 299 g/mol. The van der Waals surface area contributed by atoms with E-state index in [1.165, 1.54) is 0 Å². The fraction of sp³-hybridized carbons (Fsp3) is 0. The number of benzene rings is 2. The van der Waals surface area contributed by atoms with Crippen LogP contribution in [0.4, 0.5) is 0 Å². The van der Waals surface area contributed by atoms with Crippen LogP contribution in [0.1, 0.15) is 0 Å². The molecular formula is C16H13AlClO2+. The van der Waals surface area contributed by atoms with Crippen molar-refractivity contribution in [2.75, 3.05) is 0 Å². The summed E-state index contributed by atoms with van der Waals surface area (Å²) in [4.78, 5) is 0. The average molecular weight is 300 g/mol. The normalized spacial score (nSPS) is 13.8. The third kappa shape index (κ3) is 3.46. The van der Waals surface area contributed by atoms with E-state index in [1.54, 1.807) is 0 Å². The van der Waals surface area contributed by atoms with Gasteiger partial charge in [0.05, 0.1) is 0 Å². The largest absolute Gasteiger partial charge is 0.792 e. The molecule has 4 heteroatoms. The highest BCUT2D eigenvalue weighted by Crippen LogP contribution is 2.21. The van der Waals surface area contributed by atoms with Gasteiger partial charge in [-0.2, -0.15) is 0 Å². The molecule has 0 aromatic heterocycles. The van der Waals surface area contributed by atoms with E-state index in [9.17, 15) is 0 Å². The van der Waals surface area contributed by atoms with Crippen LogP contribution in [0.3, 0.4) is 0 Å². The quantitative estimate of drug-likeness (QED) is 0.807. The zero-order valence-corrected chi connectivity index (χ0v) is 13.0. The Morgan fingerprint density at radius 2 is 1.35 bits per heavy atom. The highest BCUT2D eigenvalue weighted by atomic mass is 35.6. The van der Waals surface area contributed by atoms with Crippen molar-refractivity contribution in [3.8, 4) is 11.5 Å². The van der Waals surface area contributed by atoms with Gasteiger partial charge in [-0.15, -0.1) is 0 Å². The molecule has 1 heterocycles. The predicted molar refractivity (Wildman–Crippen MR) is 77.5 cm³/mol. The topological polar surface area (TPSA) is 18.5 Å². The first kappa shape index (κ1) is 13.3. The molecule has 0 bridgehead atoms. The number of ether oxygens (including phenoxy) is 2. The first-order valence-electron chi connectivity index (χ1n) is 6.35. The molecule has 0 aliphatic carbocycles. The van der Waals surface area contributed by atoms with E-state index in [4.69, 9.17) is 9.47 Å². The van der Waals surface area contributed by atoms with Crippen molar-refractivity contribution in [3.63, 3.8) is 0 Å². The van der Waals surface area contributed by atoms with Crippen LogP contribution < -0.4 is 9.47 Å². The Morgan fingerprint density at radius 1 is 0.750 bits per heavy atom. The van der Waals surface area contributed by atoms with Crippen molar-refractivity contribution < 1.29 is 18.7 Å². The molecule has 1 aliphatic rings. The molecule has 0 radical (unpaired) electrons. The summed E-state index contributed by atoms with van der Waals surface area (Å²) < 4.78 is 12.8. The minimum Gasteiger partial charge on any atom is -0.469 e. The van der Waals surface area contributed by atoms with Crippen LogP contribution in [0.25, 0.3) is 0 Å². The van der Waals surface area contributed by atoms with Crippen LogP contribution in [0.5, 0.6) is 11.5 Å². The summed E-state index contributed by atoms with van der Waals surface area (Å²) in [6, 6.07) is 19.6. The lowest BCUT2D eigenvalue weighted by Crippen LogP contribution is -2.14. The number of hydrogen-bond acceptors (Lipinski definition) is 2. The smallest absolute Gasteiger partial charge is 0.469 e. The van der Waals surface area contributed by atoms with Gasteiger partial charge in [0.15, 0.2) is 10.4 Å². The van der Waals surface area contributed by atoms with E-state index in [0.29, 0.717) is 0 Å². The van der Waals surface area contributed by atoms with Crippen LogP contribution >= 0.6 is 0 Å². The van der Waals surface area contributed by atoms with Gasteiger partial charge in [-0.05, 0) is 33.5 Å². The highest BCUT2D eigenvalue weighted by molar-refractivity contribution is 6.35. The molecule has 98 valence electrons. The zero-order valence-electron chi connectivity index (χ0n) is 10.8. The van der Waals surface area contributed by atoms with Crippen molar-refractivity contribution in [1.29, 1.82) is 0 Å². The van der Waals surface area contributed by atoms with E-state index in [-0.39, 0.29) is 0 Å². The van der Waals surface area contributed by atoms with E-state index >= 15 is 0 Å². The summed E-state index contributed by atoms with van der Waals surface area (Å²) in [5.74, 6) is 2.49. The lowest BCUT2D eigenvalue weighted by Gasteiger charge is -2.12. The molecule has 20 heavy (non-hydrogen) atoms. The van der Waals surface area contributed by atoms with Gasteiger partial charge in [-0.1, -0.05) is 36.4 Å². The van der Waals surface area contributed by atoms with Crippen LogP contribution in [0, 0.1) is 9.24 Å². The van der Waals surface area contributed by atoms with Crippen molar-refractivity contribution in [2.24, 2.45) is 0 Å². The third-order valence-electron chi connectivity index (χ3n) is 2.73. The minimum atomic E-state index is -0.578. The van der Waals surface area contributed by atoms with Crippen molar-refractivity contribution in [2.45, 2.75) is 0 Å². The van der Waals surface area contributed by atoms with E-state index in [0.717, 1.165) is 21.9 Å². The molecular weight excluding hydrogens is 287 g/mol. The molecule has 0 unspecified atom stereocenters. The van der Waals surface area contributed by atoms with E-state index in [1.807, 2.05) is 72.3 Å². The first-order chi connectivity index (χ1) is 9.92. The van der Waals surface area contributed by atoms with Gasteiger partial charge in [0.1, 0.15) is 17.0 Å². The second-order valence-corrected chi connectivity index (χ2v) is 7.40. The molecule has 0 saturated heterocycles. The maximum atomic E-state index is 5.97. The van der Waals surface area contributed by atoms with Crippen LogP contribution in [0.15, 0.2) is 82.7 Å². The number of allylic oxidation sites excluding steroid dienone is 1. The number of halogens is 1. The molecule has 2 aromatic carbocycles. The summed E-state index contributed by atoms with van der Waals surface area (Å²) in [6.07, 6.45) is 1.95. The molecule has 3 rings (SSSR count). The van der Waals surface area contributed by atoms with Crippen LogP contribution in [0.2, 0.25) is 0 Å². The SMILES string of the molecule is C1=CC(Oc2ccccc2)=[C](Oc2ccccc2)[AlH][Cl+]1. The maximum absolute atomic E-state index is 5.97. The summed E-state index contributed by atoms with van der Waals surface area (Å²) in [5, 5.41) is 0. The summed E-state index contributed by atoms with van der Waals surface area (Å²) in [7, 11) is 2.31. The van der Waals surface area contributed by atoms with Crippen molar-refractivity contribution in [3.05, 3.63) is 82.7 Å². The van der Waals surface area contributed by atoms with Gasteiger partial charge in [-0.3, -0.25) is 0 Å². The molecule has 1 aliphatic heterocycles. The van der Waals surface area contributed by atoms with Crippen molar-refractivity contribution >= 4 is 14.3 Å². The molecule has 2 aromatic rings. The van der Waals surface area contributed by atoms with Gasteiger partial charge < -0.3 is 9.47 Å². The van der Waals surface area contributed by atoms with Gasteiger partial charge in [0, 0.05) is 6.08 Å².